The maximum Gasteiger partial charge on any atom is 0.268 e. The molecule has 20 nitrogen and oxygen atoms in total. The van der Waals surface area contributed by atoms with Crippen LogP contribution < -0.4 is 30.9 Å². The van der Waals surface area contributed by atoms with Gasteiger partial charge in [-0.2, -0.15) is 0 Å². The molecule has 66 heavy (non-hydrogen) atoms. The Morgan fingerprint density at radius 3 is 2.18 bits per heavy atom. The Morgan fingerprint density at radius 1 is 0.788 bits per heavy atom. The lowest BCUT2D eigenvalue weighted by molar-refractivity contribution is -0.149. The van der Waals surface area contributed by atoms with Crippen LogP contribution in [0.3, 0.4) is 0 Å². The van der Waals surface area contributed by atoms with Crippen molar-refractivity contribution in [2.24, 2.45) is 0 Å². The van der Waals surface area contributed by atoms with E-state index in [1.807, 2.05) is 0 Å². The zero-order chi connectivity index (χ0) is 47.0. The van der Waals surface area contributed by atoms with Crippen molar-refractivity contribution in [2.45, 2.75) is 37.5 Å². The summed E-state index contributed by atoms with van der Waals surface area (Å²) in [6, 6.07) is 12.3. The molecule has 3 aromatic carbocycles. The highest BCUT2D eigenvalue weighted by atomic mass is 19.1. The Hall–Kier alpha value is -7.14. The molecular weight excluding hydrogens is 873 g/mol. The predicted molar refractivity (Wildman–Crippen MR) is 225 cm³/mol. The van der Waals surface area contributed by atoms with Gasteiger partial charge in [-0.1, -0.05) is 0 Å². The van der Waals surface area contributed by atoms with Gasteiger partial charge in [-0.3, -0.25) is 48.6 Å². The van der Waals surface area contributed by atoms with Crippen LogP contribution in [0.1, 0.15) is 56.0 Å². The number of halogens is 2. The number of H-pyrrole nitrogens is 1. The topological polar surface area (TPSA) is 264 Å². The number of carbonyl (C=O) groups is 8. The number of imide groups is 2. The number of aromatic amines is 1. The van der Waals surface area contributed by atoms with Gasteiger partial charge < -0.3 is 49.9 Å². The van der Waals surface area contributed by atoms with Gasteiger partial charge in [-0.05, 0) is 66.6 Å². The number of rotatable bonds is 21. The Labute approximate surface area is 374 Å². The quantitative estimate of drug-likeness (QED) is 0.0381. The largest absolute Gasteiger partial charge is 0.484 e. The van der Waals surface area contributed by atoms with E-state index >= 15 is 0 Å². The molecule has 1 aromatic heterocycles. The van der Waals surface area contributed by atoms with E-state index in [0.717, 1.165) is 17.0 Å². The lowest BCUT2D eigenvalue weighted by atomic mass is 10.0. The Morgan fingerprint density at radius 2 is 1.47 bits per heavy atom. The molecule has 2 fully saturated rings. The van der Waals surface area contributed by atoms with Crippen LogP contribution in [0.4, 0.5) is 14.5 Å². The van der Waals surface area contributed by atoms with E-state index in [0.29, 0.717) is 22.7 Å². The highest BCUT2D eigenvalue weighted by Crippen LogP contribution is 2.32. The van der Waals surface area contributed by atoms with Crippen molar-refractivity contribution in [3.8, 4) is 5.75 Å². The summed E-state index contributed by atoms with van der Waals surface area (Å²) in [5.74, 6) is -6.70. The summed E-state index contributed by atoms with van der Waals surface area (Å²) in [6.45, 7) is 1.20. The van der Waals surface area contributed by atoms with Crippen LogP contribution in [-0.2, 0) is 44.7 Å². The number of aromatic nitrogens is 1. The summed E-state index contributed by atoms with van der Waals surface area (Å²) in [5.41, 5.74) is -0.878. The van der Waals surface area contributed by atoms with Crippen molar-refractivity contribution >= 4 is 63.8 Å². The van der Waals surface area contributed by atoms with Gasteiger partial charge in [0.05, 0.1) is 50.8 Å². The number of aliphatic hydroxyl groups is 1. The maximum atomic E-state index is 13.5. The highest BCUT2D eigenvalue weighted by Gasteiger charge is 2.52. The smallest absolute Gasteiger partial charge is 0.268 e. The van der Waals surface area contributed by atoms with Crippen LogP contribution in [0.25, 0.3) is 10.9 Å². The molecule has 0 radical (unpaired) electrons. The maximum absolute atomic E-state index is 13.5. The van der Waals surface area contributed by atoms with Gasteiger partial charge >= 0.3 is 0 Å². The molecule has 6 N–H and O–H groups in total. The van der Waals surface area contributed by atoms with Crippen LogP contribution in [0, 0.1) is 11.6 Å². The molecule has 0 saturated carbocycles. The minimum atomic E-state index is -2.38. The standard InChI is InChI=1S/C44H45F2N7O13/c45-27-17-25(18-28(46)21-27)23-49-42(60)44(62)7-10-52(43(44)61)29-1-4-33-26(19-29)20-34(50-33)38(56)48-9-12-64-14-16-65-15-13-63-11-8-47-37(55)24-66-30-2-3-31-32(22-30)41(59)53(40(31)58)35-5-6-36(54)51-39(35)57/h1-4,17-22,35,50,62H,5-16,23-24H2,(H,47,55)(H,48,56)(H,49,60)(H,51,54,57). The second-order valence-electron chi connectivity index (χ2n) is 15.4. The normalized spacial score (nSPS) is 18.2. The van der Waals surface area contributed by atoms with Crippen molar-refractivity contribution in [1.82, 2.24) is 31.2 Å². The molecule has 348 valence electrons. The molecule has 2 unspecified atom stereocenters. The summed E-state index contributed by atoms with van der Waals surface area (Å²) >= 11 is 0. The number of nitrogens with zero attached hydrogens (tertiary/aromatic N) is 2. The van der Waals surface area contributed by atoms with Gasteiger partial charge in [0.25, 0.3) is 35.4 Å². The first-order valence-electron chi connectivity index (χ1n) is 20.9. The first kappa shape index (κ1) is 46.8. The molecule has 0 spiro atoms. The number of ether oxygens (including phenoxy) is 4. The Balaban J connectivity index is 0.717. The SMILES string of the molecule is O=C(COc1ccc2c(c1)C(=O)N(C1CCC(=O)NC1=O)C2=O)NCCOCCOCCOCCNC(=O)c1cc2cc(N3CCC(O)(C(=O)NCc4cc(F)cc(F)c4)C3=O)ccc2[nH]1. The third kappa shape index (κ3) is 10.9. The Bertz CT molecular complexity index is 2550. The fourth-order valence-electron chi connectivity index (χ4n) is 7.49. The highest BCUT2D eigenvalue weighted by molar-refractivity contribution is 6.23. The third-order valence-corrected chi connectivity index (χ3v) is 10.8. The zero-order valence-corrected chi connectivity index (χ0v) is 35.2. The van der Waals surface area contributed by atoms with Gasteiger partial charge in [-0.15, -0.1) is 0 Å². The fourth-order valence-corrected chi connectivity index (χ4v) is 7.49. The monoisotopic (exact) mass is 917 g/mol. The molecule has 4 aromatic rings. The van der Waals surface area contributed by atoms with E-state index in [4.69, 9.17) is 18.9 Å². The van der Waals surface area contributed by atoms with Crippen molar-refractivity contribution < 1.29 is 71.2 Å². The Kier molecular flexibility index (Phi) is 14.8. The summed E-state index contributed by atoms with van der Waals surface area (Å²) in [5, 5.41) is 21.5. The van der Waals surface area contributed by atoms with E-state index in [-0.39, 0.29) is 120 Å². The van der Waals surface area contributed by atoms with Gasteiger partial charge in [-0.25, -0.2) is 8.78 Å². The molecular formula is C44H45F2N7O13. The number of piperidine rings is 1. The second-order valence-corrected chi connectivity index (χ2v) is 15.4. The van der Waals surface area contributed by atoms with Crippen LogP contribution >= 0.6 is 0 Å². The molecule has 2 atom stereocenters. The lowest BCUT2D eigenvalue weighted by Gasteiger charge is -2.27. The van der Waals surface area contributed by atoms with Gasteiger partial charge in [0.2, 0.25) is 17.4 Å². The number of hydrogen-bond acceptors (Lipinski definition) is 13. The van der Waals surface area contributed by atoms with Crippen LogP contribution in [-0.4, -0.2) is 140 Å². The minimum Gasteiger partial charge on any atom is -0.484 e. The average molecular weight is 918 g/mol. The zero-order valence-electron chi connectivity index (χ0n) is 35.2. The molecule has 0 bridgehead atoms. The molecule has 3 aliphatic rings. The predicted octanol–water partition coefficient (Wildman–Crippen LogP) is 0.606. The van der Waals surface area contributed by atoms with Crippen LogP contribution in [0.5, 0.6) is 5.75 Å². The molecule has 2 saturated heterocycles. The molecule has 0 aliphatic carbocycles. The first-order chi connectivity index (χ1) is 31.7. The molecule has 3 aliphatic heterocycles. The van der Waals surface area contributed by atoms with Crippen molar-refractivity contribution in [2.75, 3.05) is 70.8 Å². The van der Waals surface area contributed by atoms with Crippen molar-refractivity contribution in [1.29, 1.82) is 0 Å². The van der Waals surface area contributed by atoms with E-state index in [9.17, 15) is 52.2 Å². The number of nitrogens with one attached hydrogen (secondary N) is 5. The van der Waals surface area contributed by atoms with E-state index in [2.05, 4.69) is 26.3 Å². The van der Waals surface area contributed by atoms with Gasteiger partial charge in [0.1, 0.15) is 29.1 Å². The third-order valence-electron chi connectivity index (χ3n) is 10.8. The number of amides is 8. The number of anilines is 1. The van der Waals surface area contributed by atoms with Crippen LogP contribution in [0.2, 0.25) is 0 Å². The number of benzene rings is 3. The molecule has 7 rings (SSSR count). The van der Waals surface area contributed by atoms with E-state index < -0.39 is 70.5 Å². The number of hydrogen-bond donors (Lipinski definition) is 6. The summed E-state index contributed by atoms with van der Waals surface area (Å²) in [4.78, 5) is 106. The fraction of sp³-hybridized carbons (Fsp3) is 0.364. The van der Waals surface area contributed by atoms with E-state index in [1.54, 1.807) is 24.3 Å². The molecule has 22 heteroatoms. The van der Waals surface area contributed by atoms with Crippen molar-refractivity contribution in [3.05, 3.63) is 94.7 Å². The van der Waals surface area contributed by atoms with Gasteiger partial charge in [0, 0.05) is 61.7 Å². The summed E-state index contributed by atoms with van der Waals surface area (Å²) < 4.78 is 49.0. The summed E-state index contributed by atoms with van der Waals surface area (Å²) in [6.07, 6.45) is -0.174. The average Bonchev–Trinajstić information content (AvgIpc) is 3.93. The van der Waals surface area contributed by atoms with Crippen LogP contribution in [0.15, 0.2) is 60.7 Å². The first-order valence-corrected chi connectivity index (χ1v) is 20.9. The second kappa shape index (κ2) is 20.8. The number of fused-ring (bicyclic) bond motifs is 2. The molecule has 4 heterocycles. The van der Waals surface area contributed by atoms with Crippen molar-refractivity contribution in [3.63, 3.8) is 0 Å². The van der Waals surface area contributed by atoms with E-state index in [1.165, 1.54) is 23.1 Å². The van der Waals surface area contributed by atoms with Gasteiger partial charge in [0.15, 0.2) is 6.61 Å². The number of carbonyl (C=O) groups excluding carboxylic acids is 8. The summed E-state index contributed by atoms with van der Waals surface area (Å²) in [7, 11) is 0. The lowest BCUT2D eigenvalue weighted by Crippen LogP contribution is -2.54. The minimum absolute atomic E-state index is 0.00407. The molecule has 8 amide bonds.